The van der Waals surface area contributed by atoms with Crippen molar-refractivity contribution in [1.29, 1.82) is 0 Å². The van der Waals surface area contributed by atoms with Crippen LogP contribution in [0.25, 0.3) is 11.3 Å². The van der Waals surface area contributed by atoms with Crippen LogP contribution in [0.15, 0.2) is 42.6 Å². The molecule has 1 aliphatic carbocycles. The van der Waals surface area contributed by atoms with Crippen molar-refractivity contribution < 1.29 is 9.90 Å². The van der Waals surface area contributed by atoms with Gasteiger partial charge in [-0.3, -0.25) is 4.79 Å². The highest BCUT2D eigenvalue weighted by atomic mass is 16.3. The van der Waals surface area contributed by atoms with Gasteiger partial charge in [-0.2, -0.15) is 0 Å². The molecule has 2 atom stereocenters. The lowest BCUT2D eigenvalue weighted by Gasteiger charge is -2.28. The third-order valence-corrected chi connectivity index (χ3v) is 5.65. The molecular weight excluding hydrogens is 378 g/mol. The molecule has 1 aromatic carbocycles. The Bertz CT molecular complexity index is 1030. The van der Waals surface area contributed by atoms with Crippen LogP contribution in [0.3, 0.4) is 0 Å². The first-order valence-corrected chi connectivity index (χ1v) is 10.4. The summed E-state index contributed by atoms with van der Waals surface area (Å²) < 4.78 is 0. The number of aromatic nitrogens is 3. The molecule has 0 bridgehead atoms. The normalized spacial score (nSPS) is 18.8. The van der Waals surface area contributed by atoms with Crippen molar-refractivity contribution in [1.82, 2.24) is 20.3 Å². The smallest absolute Gasteiger partial charge is 0.268 e. The van der Waals surface area contributed by atoms with Crippen LogP contribution in [0.5, 0.6) is 0 Å². The molecular formula is C23H27N5O2. The van der Waals surface area contributed by atoms with Gasteiger partial charge in [0.05, 0.1) is 17.8 Å². The molecule has 3 aromatic rings. The van der Waals surface area contributed by atoms with Gasteiger partial charge in [-0.15, -0.1) is 0 Å². The topological polar surface area (TPSA) is 103 Å². The number of H-pyrrole nitrogens is 1. The number of aliphatic hydroxyl groups excluding tert-OH is 1. The third kappa shape index (κ3) is 4.21. The lowest BCUT2D eigenvalue weighted by Crippen LogP contribution is -2.45. The van der Waals surface area contributed by atoms with E-state index >= 15 is 0 Å². The van der Waals surface area contributed by atoms with E-state index in [9.17, 15) is 9.90 Å². The van der Waals surface area contributed by atoms with Crippen molar-refractivity contribution in [3.05, 3.63) is 59.5 Å². The summed E-state index contributed by atoms with van der Waals surface area (Å²) in [5, 5.41) is 16.4. The maximum atomic E-state index is 12.9. The molecule has 2 aromatic heterocycles. The first-order valence-electron chi connectivity index (χ1n) is 10.4. The van der Waals surface area contributed by atoms with Crippen LogP contribution in [0.2, 0.25) is 0 Å². The number of carbonyl (C=O) groups is 1. The Balaban J connectivity index is 1.57. The fourth-order valence-corrected chi connectivity index (χ4v) is 4.09. The van der Waals surface area contributed by atoms with Gasteiger partial charge in [0.15, 0.2) is 0 Å². The molecule has 4 N–H and O–H groups in total. The summed E-state index contributed by atoms with van der Waals surface area (Å²) in [6.07, 6.45) is 4.79. The lowest BCUT2D eigenvalue weighted by molar-refractivity contribution is 0.0713. The highest BCUT2D eigenvalue weighted by molar-refractivity contribution is 5.96. The largest absolute Gasteiger partial charge is 0.391 e. The second-order valence-corrected chi connectivity index (χ2v) is 7.81. The molecule has 7 heteroatoms. The van der Waals surface area contributed by atoms with E-state index in [1.807, 2.05) is 50.2 Å². The number of benzene rings is 1. The molecule has 2 heterocycles. The van der Waals surface area contributed by atoms with E-state index in [1.54, 1.807) is 6.20 Å². The first kappa shape index (κ1) is 20.1. The van der Waals surface area contributed by atoms with E-state index in [0.717, 1.165) is 53.9 Å². The van der Waals surface area contributed by atoms with Gasteiger partial charge >= 0.3 is 0 Å². The number of rotatable bonds is 5. The molecule has 4 rings (SSSR count). The monoisotopic (exact) mass is 405 g/mol. The van der Waals surface area contributed by atoms with Crippen LogP contribution in [-0.4, -0.2) is 38.1 Å². The predicted octanol–water partition coefficient (Wildman–Crippen LogP) is 3.87. The van der Waals surface area contributed by atoms with E-state index in [4.69, 9.17) is 0 Å². The van der Waals surface area contributed by atoms with Gasteiger partial charge in [0.2, 0.25) is 5.95 Å². The van der Waals surface area contributed by atoms with Gasteiger partial charge in [-0.25, -0.2) is 9.97 Å². The number of anilines is 2. The van der Waals surface area contributed by atoms with Gasteiger partial charge in [0.25, 0.3) is 5.91 Å². The van der Waals surface area contributed by atoms with E-state index < -0.39 is 6.10 Å². The number of nitrogens with one attached hydrogen (secondary N) is 3. The Labute approximate surface area is 176 Å². The molecule has 0 radical (unpaired) electrons. The Hall–Kier alpha value is -3.19. The highest BCUT2D eigenvalue weighted by Crippen LogP contribution is 2.29. The van der Waals surface area contributed by atoms with Crippen molar-refractivity contribution in [3.63, 3.8) is 0 Å². The van der Waals surface area contributed by atoms with Crippen molar-refractivity contribution in [2.24, 2.45) is 0 Å². The summed E-state index contributed by atoms with van der Waals surface area (Å²) in [7, 11) is 0. The second kappa shape index (κ2) is 8.67. The average Bonchev–Trinajstić information content (AvgIpc) is 3.05. The molecule has 30 heavy (non-hydrogen) atoms. The minimum Gasteiger partial charge on any atom is -0.391 e. The van der Waals surface area contributed by atoms with Gasteiger partial charge in [-0.1, -0.05) is 31.0 Å². The molecule has 0 unspecified atom stereocenters. The van der Waals surface area contributed by atoms with Crippen LogP contribution in [0, 0.1) is 13.8 Å². The van der Waals surface area contributed by atoms with E-state index in [2.05, 4.69) is 25.6 Å². The zero-order valence-corrected chi connectivity index (χ0v) is 17.3. The third-order valence-electron chi connectivity index (χ3n) is 5.65. The van der Waals surface area contributed by atoms with Crippen LogP contribution in [-0.2, 0) is 0 Å². The number of aromatic amines is 1. The molecule has 1 amide bonds. The number of hydrogen-bond donors (Lipinski definition) is 4. The van der Waals surface area contributed by atoms with Crippen molar-refractivity contribution >= 4 is 17.5 Å². The molecule has 0 aliphatic heterocycles. The fraction of sp³-hybridized carbons (Fsp3) is 0.348. The van der Waals surface area contributed by atoms with Crippen LogP contribution < -0.4 is 10.6 Å². The number of hydrogen-bond acceptors (Lipinski definition) is 5. The van der Waals surface area contributed by atoms with E-state index in [-0.39, 0.29) is 11.9 Å². The second-order valence-electron chi connectivity index (χ2n) is 7.81. The summed E-state index contributed by atoms with van der Waals surface area (Å²) in [5.41, 5.74) is 4.75. The van der Waals surface area contributed by atoms with Gasteiger partial charge in [0.1, 0.15) is 5.69 Å². The maximum absolute atomic E-state index is 12.9. The summed E-state index contributed by atoms with van der Waals surface area (Å²) in [6, 6.07) is 11.4. The van der Waals surface area contributed by atoms with Crippen LogP contribution in [0.4, 0.5) is 11.6 Å². The minimum absolute atomic E-state index is 0.190. The van der Waals surface area contributed by atoms with Gasteiger partial charge in [0, 0.05) is 23.1 Å². The van der Waals surface area contributed by atoms with Crippen LogP contribution >= 0.6 is 0 Å². The zero-order chi connectivity index (χ0) is 21.1. The van der Waals surface area contributed by atoms with E-state index in [1.165, 1.54) is 0 Å². The van der Waals surface area contributed by atoms with Gasteiger partial charge < -0.3 is 20.7 Å². The first-order chi connectivity index (χ1) is 14.5. The maximum Gasteiger partial charge on any atom is 0.268 e. The van der Waals surface area contributed by atoms with Crippen molar-refractivity contribution in [2.45, 2.75) is 51.7 Å². The highest BCUT2D eigenvalue weighted by Gasteiger charge is 2.27. The SMILES string of the molecule is Cc1[nH]c(C(=O)N[C@H]2CCCC[C@H]2O)c(C)c1-c1ccnc(Nc2ccccc2)n1. The molecule has 1 fully saturated rings. The molecule has 156 valence electrons. The number of carbonyl (C=O) groups excluding carboxylic acids is 1. The Kier molecular flexibility index (Phi) is 5.81. The molecule has 1 saturated carbocycles. The summed E-state index contributed by atoms with van der Waals surface area (Å²) in [6.45, 7) is 3.85. The number of amides is 1. The van der Waals surface area contributed by atoms with Crippen molar-refractivity contribution in [3.8, 4) is 11.3 Å². The van der Waals surface area contributed by atoms with E-state index in [0.29, 0.717) is 11.6 Å². The fourth-order valence-electron chi connectivity index (χ4n) is 4.09. The van der Waals surface area contributed by atoms with Crippen molar-refractivity contribution in [2.75, 3.05) is 5.32 Å². The summed E-state index contributed by atoms with van der Waals surface area (Å²) in [5.74, 6) is 0.305. The molecule has 7 nitrogen and oxygen atoms in total. The summed E-state index contributed by atoms with van der Waals surface area (Å²) >= 11 is 0. The predicted molar refractivity (Wildman–Crippen MR) is 117 cm³/mol. The standard InChI is InChI=1S/C23H27N5O2/c1-14-20(18-12-13-24-23(28-18)26-16-8-4-3-5-9-16)15(2)25-21(14)22(30)27-17-10-6-7-11-19(17)29/h3-5,8-9,12-13,17,19,25,29H,6-7,10-11H2,1-2H3,(H,27,30)(H,24,26,28)/t17-,19+/m0/s1. The Morgan fingerprint density at radius 2 is 1.90 bits per heavy atom. The van der Waals surface area contributed by atoms with Crippen LogP contribution in [0.1, 0.15) is 47.4 Å². The molecule has 1 aliphatic rings. The van der Waals surface area contributed by atoms with Gasteiger partial charge in [-0.05, 0) is 50.5 Å². The number of aryl methyl sites for hydroxylation is 1. The Morgan fingerprint density at radius 3 is 2.67 bits per heavy atom. The quantitative estimate of drug-likeness (QED) is 0.516. The number of para-hydroxylation sites is 1. The molecule has 0 saturated heterocycles. The summed E-state index contributed by atoms with van der Waals surface area (Å²) in [4.78, 5) is 25.1. The average molecular weight is 406 g/mol. The Morgan fingerprint density at radius 1 is 1.13 bits per heavy atom. The zero-order valence-electron chi connectivity index (χ0n) is 17.3. The molecule has 0 spiro atoms. The number of nitrogens with zero attached hydrogens (tertiary/aromatic N) is 2. The minimum atomic E-state index is -0.480. The number of aliphatic hydroxyl groups is 1. The lowest BCUT2D eigenvalue weighted by atomic mass is 9.92.